The van der Waals surface area contributed by atoms with Crippen LogP contribution in [-0.4, -0.2) is 47.7 Å². The zero-order valence-electron chi connectivity index (χ0n) is 9.65. The van der Waals surface area contributed by atoms with Gasteiger partial charge in [0.15, 0.2) is 0 Å². The fraction of sp³-hybridized carbons (Fsp3) is 0.600. The van der Waals surface area contributed by atoms with Crippen LogP contribution in [0.1, 0.15) is 20.3 Å². The van der Waals surface area contributed by atoms with Crippen molar-refractivity contribution in [1.82, 2.24) is 4.90 Å². The molecule has 0 heterocycles. The molecule has 0 saturated carbocycles. The van der Waals surface area contributed by atoms with E-state index in [1.54, 1.807) is 13.0 Å². The highest BCUT2D eigenvalue weighted by molar-refractivity contribution is 5.85. The third-order valence-electron chi connectivity index (χ3n) is 1.36. The van der Waals surface area contributed by atoms with Crippen molar-refractivity contribution in [2.24, 2.45) is 0 Å². The Morgan fingerprint density at radius 1 is 1.20 bits per heavy atom. The molecule has 0 aliphatic heterocycles. The summed E-state index contributed by atoms with van der Waals surface area (Å²) in [5.74, 6) is -1.66. The highest BCUT2D eigenvalue weighted by Gasteiger charge is 1.97. The van der Waals surface area contributed by atoms with Gasteiger partial charge in [0.25, 0.3) is 5.97 Å². The quantitative estimate of drug-likeness (QED) is 0.688. The monoisotopic (exact) mass is 217 g/mol. The van der Waals surface area contributed by atoms with Gasteiger partial charge in [-0.1, -0.05) is 6.08 Å². The zero-order chi connectivity index (χ0) is 12.4. The van der Waals surface area contributed by atoms with E-state index < -0.39 is 11.9 Å². The minimum atomic E-state index is -0.833. The molecule has 0 aromatic heterocycles. The van der Waals surface area contributed by atoms with Gasteiger partial charge in [-0.3, -0.25) is 4.79 Å². The lowest BCUT2D eigenvalue weighted by Crippen LogP contribution is -2.12. The molecule has 5 nitrogen and oxygen atoms in total. The fourth-order valence-electron chi connectivity index (χ4n) is 0.627. The summed E-state index contributed by atoms with van der Waals surface area (Å²) in [5, 5.41) is 15.9. The first-order chi connectivity index (χ1) is 6.77. The molecule has 0 fully saturated rings. The van der Waals surface area contributed by atoms with Crippen LogP contribution < -0.4 is 0 Å². The Morgan fingerprint density at radius 3 is 1.87 bits per heavy atom. The molecule has 0 amide bonds. The van der Waals surface area contributed by atoms with Gasteiger partial charge in [-0.05, 0) is 27.4 Å². The second-order valence-corrected chi connectivity index (χ2v) is 3.30. The van der Waals surface area contributed by atoms with Gasteiger partial charge in [0, 0.05) is 19.0 Å². The second-order valence-electron chi connectivity index (χ2n) is 3.30. The van der Waals surface area contributed by atoms with Crippen molar-refractivity contribution in [2.75, 3.05) is 20.6 Å². The number of carboxylic acid groups (broad SMARTS) is 2. The molecule has 2 N–H and O–H groups in total. The fourth-order valence-corrected chi connectivity index (χ4v) is 0.627. The zero-order valence-corrected chi connectivity index (χ0v) is 9.65. The first-order valence-electron chi connectivity index (χ1n) is 4.51. The van der Waals surface area contributed by atoms with Crippen LogP contribution in [0.15, 0.2) is 11.6 Å². The third-order valence-corrected chi connectivity index (χ3v) is 1.36. The summed E-state index contributed by atoms with van der Waals surface area (Å²) < 4.78 is 0. The maximum absolute atomic E-state index is 10.3. The maximum atomic E-state index is 10.3. The molecular weight excluding hydrogens is 198 g/mol. The number of aliphatic carboxylic acids is 2. The summed E-state index contributed by atoms with van der Waals surface area (Å²) in [5.41, 5.74) is 0.423. The van der Waals surface area contributed by atoms with Gasteiger partial charge in [-0.25, -0.2) is 4.79 Å². The summed E-state index contributed by atoms with van der Waals surface area (Å²) in [6.07, 6.45) is 2.54. The van der Waals surface area contributed by atoms with Crippen molar-refractivity contribution in [2.45, 2.75) is 20.3 Å². The van der Waals surface area contributed by atoms with E-state index in [4.69, 9.17) is 15.0 Å². The van der Waals surface area contributed by atoms with Crippen molar-refractivity contribution in [3.05, 3.63) is 11.6 Å². The molecule has 15 heavy (non-hydrogen) atoms. The van der Waals surface area contributed by atoms with Crippen LogP contribution in [0, 0.1) is 0 Å². The lowest BCUT2D eigenvalue weighted by Gasteiger charge is -2.05. The Labute approximate surface area is 90.0 Å². The molecule has 0 aromatic rings. The molecule has 0 aliphatic rings. The summed E-state index contributed by atoms with van der Waals surface area (Å²) in [7, 11) is 3.92. The van der Waals surface area contributed by atoms with E-state index >= 15 is 0 Å². The van der Waals surface area contributed by atoms with E-state index in [1.165, 1.54) is 0 Å². The standard InChI is InChI=1S/C8H15NO2.C2H4O2/c1-7(8(10)11)5-4-6-9(2)3;1-2(3)4/h5H,4,6H2,1-3H3,(H,10,11);1H3,(H,3,4). The first-order valence-corrected chi connectivity index (χ1v) is 4.51. The lowest BCUT2D eigenvalue weighted by atomic mass is 10.2. The van der Waals surface area contributed by atoms with Crippen LogP contribution in [0.3, 0.4) is 0 Å². The third kappa shape index (κ3) is 19.2. The number of nitrogens with zero attached hydrogens (tertiary/aromatic N) is 1. The van der Waals surface area contributed by atoms with E-state index in [0.29, 0.717) is 5.57 Å². The minimum absolute atomic E-state index is 0.423. The van der Waals surface area contributed by atoms with Gasteiger partial charge >= 0.3 is 5.97 Å². The minimum Gasteiger partial charge on any atom is -0.481 e. The van der Waals surface area contributed by atoms with Gasteiger partial charge in [0.2, 0.25) is 0 Å². The van der Waals surface area contributed by atoms with E-state index in [0.717, 1.165) is 19.9 Å². The summed E-state index contributed by atoms with van der Waals surface area (Å²) in [6.45, 7) is 3.59. The molecule has 0 radical (unpaired) electrons. The van der Waals surface area contributed by atoms with Crippen molar-refractivity contribution < 1.29 is 19.8 Å². The Morgan fingerprint density at radius 2 is 1.60 bits per heavy atom. The maximum Gasteiger partial charge on any atom is 0.330 e. The predicted molar refractivity (Wildman–Crippen MR) is 57.9 cm³/mol. The molecule has 0 aromatic carbocycles. The molecule has 0 spiro atoms. The van der Waals surface area contributed by atoms with Crippen LogP contribution >= 0.6 is 0 Å². The van der Waals surface area contributed by atoms with Gasteiger partial charge < -0.3 is 15.1 Å². The molecular formula is C10H19NO4. The topological polar surface area (TPSA) is 77.8 Å². The molecule has 5 heteroatoms. The molecule has 0 saturated heterocycles. The largest absolute Gasteiger partial charge is 0.481 e. The van der Waals surface area contributed by atoms with Gasteiger partial charge in [-0.15, -0.1) is 0 Å². The van der Waals surface area contributed by atoms with Crippen LogP contribution in [0.25, 0.3) is 0 Å². The number of hydrogen-bond acceptors (Lipinski definition) is 3. The van der Waals surface area contributed by atoms with Gasteiger partial charge in [0.05, 0.1) is 0 Å². The first kappa shape index (κ1) is 16.1. The second kappa shape index (κ2) is 9.21. The van der Waals surface area contributed by atoms with Crippen molar-refractivity contribution in [1.29, 1.82) is 0 Å². The van der Waals surface area contributed by atoms with Gasteiger partial charge in [0.1, 0.15) is 0 Å². The number of hydrogen-bond donors (Lipinski definition) is 2. The van der Waals surface area contributed by atoms with Crippen molar-refractivity contribution >= 4 is 11.9 Å². The smallest absolute Gasteiger partial charge is 0.330 e. The van der Waals surface area contributed by atoms with Crippen LogP contribution in [-0.2, 0) is 9.59 Å². The summed E-state index contributed by atoms with van der Waals surface area (Å²) >= 11 is 0. The summed E-state index contributed by atoms with van der Waals surface area (Å²) in [6, 6.07) is 0. The lowest BCUT2D eigenvalue weighted by molar-refractivity contribution is -0.134. The number of rotatable bonds is 4. The van der Waals surface area contributed by atoms with E-state index in [-0.39, 0.29) is 0 Å². The highest BCUT2D eigenvalue weighted by Crippen LogP contribution is 1.95. The average molecular weight is 217 g/mol. The van der Waals surface area contributed by atoms with E-state index in [2.05, 4.69) is 0 Å². The molecule has 0 unspecified atom stereocenters. The number of carbonyl (C=O) groups is 2. The van der Waals surface area contributed by atoms with Crippen molar-refractivity contribution in [3.63, 3.8) is 0 Å². The van der Waals surface area contributed by atoms with E-state index in [1.807, 2.05) is 19.0 Å². The Hall–Kier alpha value is -1.36. The number of carboxylic acids is 2. The molecule has 88 valence electrons. The molecule has 0 atom stereocenters. The van der Waals surface area contributed by atoms with Crippen LogP contribution in [0.5, 0.6) is 0 Å². The predicted octanol–water partition coefficient (Wildman–Crippen LogP) is 1.06. The molecule has 0 aliphatic carbocycles. The molecule has 0 rings (SSSR count). The van der Waals surface area contributed by atoms with Crippen LogP contribution in [0.2, 0.25) is 0 Å². The Balaban J connectivity index is 0. The normalized spacial score (nSPS) is 10.6. The Kier molecular flexibility index (Phi) is 9.87. The van der Waals surface area contributed by atoms with Gasteiger partial charge in [-0.2, -0.15) is 0 Å². The van der Waals surface area contributed by atoms with E-state index in [9.17, 15) is 4.79 Å². The average Bonchev–Trinajstić information content (AvgIpc) is 2.01. The molecule has 0 bridgehead atoms. The SMILES string of the molecule is CC(=CCCN(C)C)C(=O)O.CC(=O)O. The van der Waals surface area contributed by atoms with Crippen LogP contribution in [0.4, 0.5) is 0 Å². The van der Waals surface area contributed by atoms with Crippen molar-refractivity contribution in [3.8, 4) is 0 Å². The highest BCUT2D eigenvalue weighted by atomic mass is 16.4. The summed E-state index contributed by atoms with van der Waals surface area (Å²) in [4.78, 5) is 21.3. The Bertz CT molecular complexity index is 230.